The Hall–Kier alpha value is -1.84. The van der Waals surface area contributed by atoms with Crippen LogP contribution in [0.15, 0.2) is 29.3 Å². The van der Waals surface area contributed by atoms with Crippen LogP contribution in [-0.4, -0.2) is 35.3 Å². The Morgan fingerprint density at radius 1 is 1.36 bits per heavy atom. The molecular weight excluding hydrogens is 176 g/mol. The van der Waals surface area contributed by atoms with Crippen molar-refractivity contribution in [2.24, 2.45) is 4.99 Å². The average molecular weight is 188 g/mol. The van der Waals surface area contributed by atoms with Gasteiger partial charge in [0.05, 0.1) is 17.4 Å². The van der Waals surface area contributed by atoms with Crippen molar-refractivity contribution >= 4 is 23.3 Å². The van der Waals surface area contributed by atoms with Gasteiger partial charge in [-0.1, -0.05) is 12.1 Å². The van der Waals surface area contributed by atoms with Gasteiger partial charge in [-0.3, -0.25) is 0 Å². The molecule has 72 valence electrons. The number of fused-ring (bicyclic) bond motifs is 1. The van der Waals surface area contributed by atoms with Gasteiger partial charge in [0.15, 0.2) is 0 Å². The van der Waals surface area contributed by atoms with Crippen LogP contribution in [0.25, 0.3) is 11.0 Å². The minimum atomic E-state index is 0.639. The lowest BCUT2D eigenvalue weighted by Crippen LogP contribution is -2.07. The molecule has 0 aliphatic rings. The lowest BCUT2D eigenvalue weighted by molar-refractivity contribution is 0.642. The van der Waals surface area contributed by atoms with Gasteiger partial charge < -0.3 is 9.88 Å². The van der Waals surface area contributed by atoms with Crippen molar-refractivity contribution in [2.75, 3.05) is 14.1 Å². The number of nitrogens with one attached hydrogen (secondary N) is 1. The normalized spacial score (nSPS) is 11.3. The highest BCUT2D eigenvalue weighted by atomic mass is 15.1. The summed E-state index contributed by atoms with van der Waals surface area (Å²) in [6, 6.07) is 7.88. The molecule has 4 nitrogen and oxygen atoms in total. The molecular formula is C10H12N4. The van der Waals surface area contributed by atoms with Crippen LogP contribution < -0.4 is 0 Å². The molecule has 0 spiro atoms. The maximum Gasteiger partial charge on any atom is 0.229 e. The van der Waals surface area contributed by atoms with Gasteiger partial charge in [0.25, 0.3) is 0 Å². The van der Waals surface area contributed by atoms with Crippen molar-refractivity contribution in [1.82, 2.24) is 14.9 Å². The third kappa shape index (κ3) is 1.74. The highest BCUT2D eigenvalue weighted by Crippen LogP contribution is 2.14. The van der Waals surface area contributed by atoms with Crippen LogP contribution in [0.5, 0.6) is 0 Å². The SMILES string of the molecule is CN(C)C=Nc1nc2ccccc2[nH]1. The van der Waals surface area contributed by atoms with Crippen molar-refractivity contribution < 1.29 is 0 Å². The van der Waals surface area contributed by atoms with Crippen LogP contribution in [0.2, 0.25) is 0 Å². The van der Waals surface area contributed by atoms with E-state index in [2.05, 4.69) is 15.0 Å². The van der Waals surface area contributed by atoms with Gasteiger partial charge in [-0.2, -0.15) is 0 Å². The number of aromatic nitrogens is 2. The summed E-state index contributed by atoms with van der Waals surface area (Å²) >= 11 is 0. The van der Waals surface area contributed by atoms with E-state index >= 15 is 0 Å². The number of imidazole rings is 1. The van der Waals surface area contributed by atoms with E-state index in [1.165, 1.54) is 0 Å². The van der Waals surface area contributed by atoms with E-state index in [-0.39, 0.29) is 0 Å². The van der Waals surface area contributed by atoms with Gasteiger partial charge in [0.1, 0.15) is 0 Å². The first-order chi connectivity index (χ1) is 6.75. The number of para-hydroxylation sites is 2. The van der Waals surface area contributed by atoms with Crippen LogP contribution >= 0.6 is 0 Å². The van der Waals surface area contributed by atoms with Gasteiger partial charge in [0.2, 0.25) is 5.95 Å². The first kappa shape index (κ1) is 8.74. The maximum absolute atomic E-state index is 4.30. The van der Waals surface area contributed by atoms with E-state index in [0.717, 1.165) is 11.0 Å². The molecule has 1 N–H and O–H groups in total. The summed E-state index contributed by atoms with van der Waals surface area (Å²) < 4.78 is 0. The molecule has 0 radical (unpaired) electrons. The summed E-state index contributed by atoms with van der Waals surface area (Å²) in [5.74, 6) is 0.639. The first-order valence-corrected chi connectivity index (χ1v) is 4.41. The van der Waals surface area contributed by atoms with Crippen LogP contribution in [0.1, 0.15) is 0 Å². The zero-order valence-corrected chi connectivity index (χ0v) is 8.23. The molecule has 0 aliphatic carbocycles. The highest BCUT2D eigenvalue weighted by Gasteiger charge is 1.98. The fraction of sp³-hybridized carbons (Fsp3) is 0.200. The van der Waals surface area contributed by atoms with Gasteiger partial charge in [-0.15, -0.1) is 0 Å². The molecule has 14 heavy (non-hydrogen) atoms. The fourth-order valence-corrected chi connectivity index (χ4v) is 1.17. The molecule has 2 rings (SSSR count). The van der Waals surface area contributed by atoms with Crippen LogP contribution in [0, 0.1) is 0 Å². The second-order valence-corrected chi connectivity index (χ2v) is 3.29. The molecule has 1 aromatic heterocycles. The van der Waals surface area contributed by atoms with Crippen LogP contribution in [0.3, 0.4) is 0 Å². The van der Waals surface area contributed by atoms with Crippen LogP contribution in [-0.2, 0) is 0 Å². The third-order valence-corrected chi connectivity index (χ3v) is 1.79. The lowest BCUT2D eigenvalue weighted by atomic mass is 10.3. The number of hydrogen-bond acceptors (Lipinski definition) is 2. The van der Waals surface area contributed by atoms with E-state index in [4.69, 9.17) is 0 Å². The molecule has 2 aromatic rings. The average Bonchev–Trinajstić information content (AvgIpc) is 2.57. The molecule has 0 unspecified atom stereocenters. The second-order valence-electron chi connectivity index (χ2n) is 3.29. The molecule has 0 saturated heterocycles. The Labute approximate surface area is 82.3 Å². The number of rotatable bonds is 2. The van der Waals surface area contributed by atoms with E-state index < -0.39 is 0 Å². The Morgan fingerprint density at radius 3 is 2.86 bits per heavy atom. The van der Waals surface area contributed by atoms with Gasteiger partial charge in [0, 0.05) is 14.1 Å². The van der Waals surface area contributed by atoms with E-state index in [9.17, 15) is 0 Å². The molecule has 0 aliphatic heterocycles. The van der Waals surface area contributed by atoms with Crippen molar-refractivity contribution in [2.45, 2.75) is 0 Å². The summed E-state index contributed by atoms with van der Waals surface area (Å²) in [6.07, 6.45) is 1.72. The Morgan fingerprint density at radius 2 is 2.14 bits per heavy atom. The summed E-state index contributed by atoms with van der Waals surface area (Å²) in [6.45, 7) is 0. The fourth-order valence-electron chi connectivity index (χ4n) is 1.17. The summed E-state index contributed by atoms with van der Waals surface area (Å²) in [7, 11) is 3.85. The largest absolute Gasteiger partial charge is 0.369 e. The van der Waals surface area contributed by atoms with E-state index in [0.29, 0.717) is 5.95 Å². The smallest absolute Gasteiger partial charge is 0.229 e. The van der Waals surface area contributed by atoms with Crippen molar-refractivity contribution in [3.63, 3.8) is 0 Å². The zero-order valence-electron chi connectivity index (χ0n) is 8.23. The number of hydrogen-bond donors (Lipinski definition) is 1. The topological polar surface area (TPSA) is 44.3 Å². The monoisotopic (exact) mass is 188 g/mol. The second kappa shape index (κ2) is 3.49. The predicted molar refractivity (Wildman–Crippen MR) is 57.9 cm³/mol. The van der Waals surface area contributed by atoms with Crippen molar-refractivity contribution in [3.05, 3.63) is 24.3 Å². The predicted octanol–water partition coefficient (Wildman–Crippen LogP) is 1.78. The first-order valence-electron chi connectivity index (χ1n) is 4.41. The molecule has 1 heterocycles. The number of aromatic amines is 1. The summed E-state index contributed by atoms with van der Waals surface area (Å²) in [5.41, 5.74) is 1.96. The minimum absolute atomic E-state index is 0.639. The lowest BCUT2D eigenvalue weighted by Gasteiger charge is -1.99. The Kier molecular flexibility index (Phi) is 2.18. The maximum atomic E-state index is 4.30. The molecule has 0 amide bonds. The standard InChI is InChI=1S/C10H12N4/c1-14(2)7-11-10-12-8-5-3-4-6-9(8)13-10/h3-7H,1-2H3,(H,12,13). The summed E-state index contributed by atoms with van der Waals surface area (Å²) in [5, 5.41) is 0. The van der Waals surface area contributed by atoms with Crippen LogP contribution in [0.4, 0.5) is 5.95 Å². The highest BCUT2D eigenvalue weighted by molar-refractivity contribution is 5.77. The third-order valence-electron chi connectivity index (χ3n) is 1.79. The number of benzene rings is 1. The number of aliphatic imine (C=N–C) groups is 1. The van der Waals surface area contributed by atoms with Gasteiger partial charge in [-0.25, -0.2) is 9.98 Å². The quantitative estimate of drug-likeness (QED) is 0.576. The molecule has 4 heteroatoms. The summed E-state index contributed by atoms with van der Waals surface area (Å²) in [4.78, 5) is 13.5. The minimum Gasteiger partial charge on any atom is -0.369 e. The Balaban J connectivity index is 2.36. The van der Waals surface area contributed by atoms with Crippen molar-refractivity contribution in [1.29, 1.82) is 0 Å². The van der Waals surface area contributed by atoms with Gasteiger partial charge in [-0.05, 0) is 12.1 Å². The zero-order chi connectivity index (χ0) is 9.97. The molecule has 1 aromatic carbocycles. The van der Waals surface area contributed by atoms with E-state index in [1.807, 2.05) is 43.3 Å². The van der Waals surface area contributed by atoms with Crippen molar-refractivity contribution in [3.8, 4) is 0 Å². The number of H-pyrrole nitrogens is 1. The molecule has 0 saturated carbocycles. The Bertz CT molecular complexity index is 423. The molecule has 0 bridgehead atoms. The number of nitrogens with zero attached hydrogens (tertiary/aromatic N) is 3. The van der Waals surface area contributed by atoms with Gasteiger partial charge >= 0.3 is 0 Å². The van der Waals surface area contributed by atoms with E-state index in [1.54, 1.807) is 6.34 Å². The molecule has 0 atom stereocenters. The molecule has 0 fully saturated rings.